The normalized spacial score (nSPS) is 12.9. The van der Waals surface area contributed by atoms with Crippen molar-refractivity contribution in [3.8, 4) is 0 Å². The van der Waals surface area contributed by atoms with E-state index < -0.39 is 15.5 Å². The maximum atomic E-state index is 10.6. The first-order chi connectivity index (χ1) is 9.72. The molecular formula is C14H29N3O3S. The highest BCUT2D eigenvalue weighted by Gasteiger charge is 2.16. The lowest BCUT2D eigenvalue weighted by molar-refractivity contribution is -0.696. The van der Waals surface area contributed by atoms with Crippen LogP contribution in [0.1, 0.15) is 39.5 Å². The summed E-state index contributed by atoms with van der Waals surface area (Å²) in [5.41, 5.74) is 0. The summed E-state index contributed by atoms with van der Waals surface area (Å²) >= 11 is 0. The van der Waals surface area contributed by atoms with Crippen LogP contribution in [0.4, 0.5) is 0 Å². The number of rotatable bonds is 7. The van der Waals surface area contributed by atoms with Gasteiger partial charge in [0.2, 0.25) is 6.33 Å². The molecule has 0 aliphatic carbocycles. The van der Waals surface area contributed by atoms with Crippen LogP contribution in [0.2, 0.25) is 0 Å². The first-order valence-electron chi connectivity index (χ1n) is 7.34. The molecule has 0 aliphatic heterocycles. The van der Waals surface area contributed by atoms with Crippen LogP contribution in [0.5, 0.6) is 0 Å². The van der Waals surface area contributed by atoms with Gasteiger partial charge in [-0.3, -0.25) is 4.90 Å². The largest absolute Gasteiger partial charge is 0.747 e. The molecular weight excluding hydrogens is 290 g/mol. The molecule has 6 nitrogen and oxygen atoms in total. The lowest BCUT2D eigenvalue weighted by Gasteiger charge is -2.26. The van der Waals surface area contributed by atoms with Crippen molar-refractivity contribution in [2.75, 3.05) is 14.1 Å². The molecule has 0 fully saturated rings. The Morgan fingerprint density at radius 1 is 1.29 bits per heavy atom. The van der Waals surface area contributed by atoms with Crippen LogP contribution >= 0.6 is 0 Å². The zero-order chi connectivity index (χ0) is 16.5. The van der Waals surface area contributed by atoms with E-state index in [1.807, 2.05) is 14.0 Å². The summed E-state index contributed by atoms with van der Waals surface area (Å²) in [6.45, 7) is 5.21. The molecule has 1 heterocycles. The van der Waals surface area contributed by atoms with Crippen LogP contribution in [0.25, 0.3) is 0 Å². The first-order valence-corrected chi connectivity index (χ1v) is 8.81. The summed E-state index contributed by atoms with van der Waals surface area (Å²) in [4.78, 5) is 1.44. The minimum Gasteiger partial charge on any atom is -0.747 e. The molecule has 0 saturated carbocycles. The number of hydrogen-bond acceptors (Lipinski definition) is 4. The predicted octanol–water partition coefficient (Wildman–Crippen LogP) is 1.33. The second kappa shape index (κ2) is 9.92. The lowest BCUT2D eigenvalue weighted by Crippen LogP contribution is -2.35. The van der Waals surface area contributed by atoms with Crippen molar-refractivity contribution in [2.45, 2.75) is 51.4 Å². The molecule has 7 heteroatoms. The van der Waals surface area contributed by atoms with Gasteiger partial charge in [-0.1, -0.05) is 26.7 Å². The van der Waals surface area contributed by atoms with E-state index in [0.717, 1.165) is 6.54 Å². The van der Waals surface area contributed by atoms with Crippen LogP contribution in [-0.2, 0) is 23.7 Å². The fourth-order valence-electron chi connectivity index (χ4n) is 1.88. The van der Waals surface area contributed by atoms with Gasteiger partial charge in [-0.05, 0) is 26.9 Å². The van der Waals surface area contributed by atoms with E-state index in [2.05, 4.69) is 34.8 Å². The Morgan fingerprint density at radius 2 is 1.90 bits per heavy atom. The molecule has 1 unspecified atom stereocenters. The molecule has 0 bridgehead atoms. The van der Waals surface area contributed by atoms with Crippen LogP contribution in [0.3, 0.4) is 0 Å². The average molecular weight is 319 g/mol. The standard InChI is InChI=1S/C8H15N2.C6H15NO3S/c1-3-4-5-10-7-6-9(2)8-10;1-4-5-6(7(2)3)11(8,9)10/h6-8H,3-5H2,1-2H3;6H,4-5H2,1-3H3,(H,8,9,10)/q+1;/p-1. The SMILES string of the molecule is CCCC(N(C)C)S(=O)(=O)[O-].CCCC[n+]1ccn(C)c1. The summed E-state index contributed by atoms with van der Waals surface area (Å²) in [6.07, 6.45) is 9.92. The summed E-state index contributed by atoms with van der Waals surface area (Å²) in [5, 5.41) is -0.868. The van der Waals surface area contributed by atoms with Crippen molar-refractivity contribution in [3.63, 3.8) is 0 Å². The Bertz CT molecular complexity index is 483. The van der Waals surface area contributed by atoms with Crippen molar-refractivity contribution < 1.29 is 17.5 Å². The molecule has 21 heavy (non-hydrogen) atoms. The summed E-state index contributed by atoms with van der Waals surface area (Å²) in [7, 11) is 1.08. The lowest BCUT2D eigenvalue weighted by atomic mass is 10.3. The number of hydrogen-bond donors (Lipinski definition) is 0. The van der Waals surface area contributed by atoms with Gasteiger partial charge < -0.3 is 4.55 Å². The second-order valence-electron chi connectivity index (χ2n) is 5.37. The van der Waals surface area contributed by atoms with Crippen molar-refractivity contribution >= 4 is 10.1 Å². The smallest absolute Gasteiger partial charge is 0.243 e. The number of aromatic nitrogens is 2. The first kappa shape index (κ1) is 20.1. The van der Waals surface area contributed by atoms with E-state index >= 15 is 0 Å². The molecule has 0 spiro atoms. The van der Waals surface area contributed by atoms with Crippen LogP contribution in [0.15, 0.2) is 18.7 Å². The van der Waals surface area contributed by atoms with E-state index in [9.17, 15) is 13.0 Å². The third-order valence-electron chi connectivity index (χ3n) is 3.04. The Kier molecular flexibility index (Phi) is 9.48. The molecule has 1 aromatic heterocycles. The zero-order valence-electron chi connectivity index (χ0n) is 13.8. The zero-order valence-corrected chi connectivity index (χ0v) is 14.6. The predicted molar refractivity (Wildman–Crippen MR) is 82.6 cm³/mol. The van der Waals surface area contributed by atoms with Gasteiger partial charge in [0, 0.05) is 0 Å². The minimum atomic E-state index is -4.15. The fraction of sp³-hybridized carbons (Fsp3) is 0.786. The summed E-state index contributed by atoms with van der Waals surface area (Å²) in [5.74, 6) is 0. The van der Waals surface area contributed by atoms with Gasteiger partial charge in [0.05, 0.1) is 13.6 Å². The van der Waals surface area contributed by atoms with Crippen LogP contribution in [-0.4, -0.2) is 41.9 Å². The fourth-order valence-corrected chi connectivity index (χ4v) is 2.92. The van der Waals surface area contributed by atoms with Crippen molar-refractivity contribution in [1.82, 2.24) is 9.47 Å². The molecule has 1 aromatic rings. The van der Waals surface area contributed by atoms with Gasteiger partial charge in [0.25, 0.3) is 0 Å². The molecule has 0 amide bonds. The number of imidazole rings is 1. The van der Waals surface area contributed by atoms with E-state index in [4.69, 9.17) is 0 Å². The molecule has 1 rings (SSSR count). The molecule has 0 saturated heterocycles. The highest BCUT2D eigenvalue weighted by Crippen LogP contribution is 2.08. The summed E-state index contributed by atoms with van der Waals surface area (Å²) in [6, 6.07) is 0. The third kappa shape index (κ3) is 8.85. The van der Waals surface area contributed by atoms with E-state index in [0.29, 0.717) is 12.8 Å². The number of nitrogens with zero attached hydrogens (tertiary/aromatic N) is 3. The highest BCUT2D eigenvalue weighted by molar-refractivity contribution is 7.86. The molecule has 0 N–H and O–H groups in total. The van der Waals surface area contributed by atoms with Crippen molar-refractivity contribution in [3.05, 3.63) is 18.7 Å². The highest BCUT2D eigenvalue weighted by atomic mass is 32.2. The number of aryl methyl sites for hydroxylation is 2. The topological polar surface area (TPSA) is 69.2 Å². The second-order valence-corrected chi connectivity index (χ2v) is 6.90. The quantitative estimate of drug-likeness (QED) is 0.561. The molecule has 0 aromatic carbocycles. The van der Waals surface area contributed by atoms with Gasteiger partial charge in [-0.15, -0.1) is 0 Å². The maximum Gasteiger partial charge on any atom is 0.243 e. The maximum absolute atomic E-state index is 10.6. The van der Waals surface area contributed by atoms with Gasteiger partial charge in [-0.2, -0.15) is 0 Å². The minimum absolute atomic E-state index is 0.402. The van der Waals surface area contributed by atoms with Crippen LogP contribution < -0.4 is 4.57 Å². The van der Waals surface area contributed by atoms with E-state index in [-0.39, 0.29) is 0 Å². The van der Waals surface area contributed by atoms with E-state index in [1.54, 1.807) is 14.1 Å². The van der Waals surface area contributed by atoms with Crippen molar-refractivity contribution in [1.29, 1.82) is 0 Å². The molecule has 0 aliphatic rings. The Hall–Kier alpha value is -0.920. The van der Waals surface area contributed by atoms with Gasteiger partial charge in [0.1, 0.15) is 27.9 Å². The van der Waals surface area contributed by atoms with Crippen LogP contribution in [0, 0.1) is 0 Å². The van der Waals surface area contributed by atoms with Gasteiger partial charge in [-0.25, -0.2) is 17.6 Å². The Balaban J connectivity index is 0.000000382. The van der Waals surface area contributed by atoms with Crippen molar-refractivity contribution in [2.24, 2.45) is 7.05 Å². The Morgan fingerprint density at radius 3 is 2.19 bits per heavy atom. The number of unbranched alkanes of at least 4 members (excludes halogenated alkanes) is 1. The molecule has 124 valence electrons. The monoisotopic (exact) mass is 319 g/mol. The molecule has 1 atom stereocenters. The molecule has 0 radical (unpaired) electrons. The third-order valence-corrected chi connectivity index (χ3v) is 4.36. The Labute approximate surface area is 129 Å². The average Bonchev–Trinajstić information content (AvgIpc) is 2.78. The van der Waals surface area contributed by atoms with Gasteiger partial charge in [0.15, 0.2) is 0 Å². The van der Waals surface area contributed by atoms with E-state index in [1.165, 1.54) is 17.7 Å². The van der Waals surface area contributed by atoms with Gasteiger partial charge >= 0.3 is 0 Å². The summed E-state index contributed by atoms with van der Waals surface area (Å²) < 4.78 is 36.0.